The number of amides is 1. The average Bonchev–Trinajstić information content (AvgIpc) is 2.77. The molecule has 2 aromatic carbocycles. The number of aromatic nitrogens is 2. The van der Waals surface area contributed by atoms with Crippen LogP contribution < -0.4 is 5.56 Å². The van der Waals surface area contributed by atoms with Gasteiger partial charge in [-0.25, -0.2) is 0 Å². The van der Waals surface area contributed by atoms with Crippen molar-refractivity contribution in [1.29, 1.82) is 0 Å². The number of nitrogens with zero attached hydrogens (tertiary/aromatic N) is 2. The third-order valence-electron chi connectivity index (χ3n) is 6.16. The van der Waals surface area contributed by atoms with Crippen molar-refractivity contribution in [3.05, 3.63) is 75.3 Å². The summed E-state index contributed by atoms with van der Waals surface area (Å²) >= 11 is 5.44. The predicted octanol–water partition coefficient (Wildman–Crippen LogP) is 4.52. The van der Waals surface area contributed by atoms with Crippen molar-refractivity contribution in [3.8, 4) is 0 Å². The van der Waals surface area contributed by atoms with Gasteiger partial charge in [-0.3, -0.25) is 14.2 Å². The Bertz CT molecular complexity index is 1140. The van der Waals surface area contributed by atoms with Crippen LogP contribution >= 0.6 is 12.2 Å². The zero-order valence-corrected chi connectivity index (χ0v) is 18.0. The second-order valence-corrected chi connectivity index (χ2v) is 8.68. The molecule has 1 saturated carbocycles. The number of H-pyrrole nitrogens is 1. The number of hydrogen-bond acceptors (Lipinski definition) is 3. The molecule has 1 N–H and O–H groups in total. The Morgan fingerprint density at radius 3 is 2.47 bits per heavy atom. The lowest BCUT2D eigenvalue weighted by Gasteiger charge is -2.31. The molecule has 1 aliphatic carbocycles. The lowest BCUT2D eigenvalue weighted by Crippen LogP contribution is -2.35. The Morgan fingerprint density at radius 1 is 1.07 bits per heavy atom. The Kier molecular flexibility index (Phi) is 6.13. The van der Waals surface area contributed by atoms with Crippen molar-refractivity contribution in [3.63, 3.8) is 0 Å². The van der Waals surface area contributed by atoms with E-state index in [2.05, 4.69) is 4.98 Å². The first-order valence-electron chi connectivity index (χ1n) is 10.5. The number of benzene rings is 2. The van der Waals surface area contributed by atoms with Gasteiger partial charge in [-0.15, -0.1) is 0 Å². The highest BCUT2D eigenvalue weighted by Crippen LogP contribution is 2.31. The summed E-state index contributed by atoms with van der Waals surface area (Å²) in [5.74, 6) is 0.651. The van der Waals surface area contributed by atoms with Gasteiger partial charge >= 0.3 is 0 Å². The molecule has 3 aromatic rings. The summed E-state index contributed by atoms with van der Waals surface area (Å²) in [6.45, 7) is 1.25. The molecule has 0 spiro atoms. The van der Waals surface area contributed by atoms with E-state index in [1.54, 1.807) is 4.57 Å². The molecule has 4 rings (SSSR count). The topological polar surface area (TPSA) is 58.1 Å². The first-order chi connectivity index (χ1) is 14.5. The van der Waals surface area contributed by atoms with Crippen LogP contribution in [0.15, 0.2) is 59.4 Å². The largest absolute Gasteiger partial charge is 0.341 e. The standard InChI is InChI=1S/C24H27N3O2S/c1-26(15-17-7-3-2-4-8-17)22(28)19-13-11-18(12-14-19)16-27-23(29)20-9-5-6-10-21(20)25-24(27)30/h2-10,18-19H,11-16H2,1H3,(H,25,30). The molecule has 156 valence electrons. The molecular weight excluding hydrogens is 394 g/mol. The molecular formula is C24H27N3O2S. The zero-order chi connectivity index (χ0) is 21.1. The monoisotopic (exact) mass is 421 g/mol. The molecule has 0 bridgehead atoms. The first-order valence-corrected chi connectivity index (χ1v) is 10.9. The molecule has 1 aromatic heterocycles. The van der Waals surface area contributed by atoms with Gasteiger partial charge in [0.05, 0.1) is 10.9 Å². The van der Waals surface area contributed by atoms with Crippen LogP contribution in [0, 0.1) is 16.6 Å². The number of fused-ring (bicyclic) bond motifs is 1. The molecule has 1 amide bonds. The number of hydrogen-bond donors (Lipinski definition) is 1. The quantitative estimate of drug-likeness (QED) is 0.616. The Labute approximate surface area is 181 Å². The summed E-state index contributed by atoms with van der Waals surface area (Å²) in [7, 11) is 1.88. The van der Waals surface area contributed by atoms with E-state index in [4.69, 9.17) is 12.2 Å². The third kappa shape index (κ3) is 4.38. The molecule has 0 aliphatic heterocycles. The summed E-state index contributed by atoms with van der Waals surface area (Å²) in [5.41, 5.74) is 1.89. The van der Waals surface area contributed by atoms with Crippen molar-refractivity contribution in [2.45, 2.75) is 38.8 Å². The molecule has 5 nitrogen and oxygen atoms in total. The fraction of sp³-hybridized carbons (Fsp3) is 0.375. The van der Waals surface area contributed by atoms with Gasteiger partial charge < -0.3 is 9.88 Å². The van der Waals surface area contributed by atoms with E-state index >= 15 is 0 Å². The smallest absolute Gasteiger partial charge is 0.262 e. The minimum Gasteiger partial charge on any atom is -0.341 e. The van der Waals surface area contributed by atoms with Crippen molar-refractivity contribution in [2.24, 2.45) is 11.8 Å². The van der Waals surface area contributed by atoms with Crippen molar-refractivity contribution >= 4 is 29.0 Å². The van der Waals surface area contributed by atoms with Crippen LogP contribution in [0.2, 0.25) is 0 Å². The number of carbonyl (C=O) groups excluding carboxylic acids is 1. The summed E-state index contributed by atoms with van der Waals surface area (Å²) in [5, 5.41) is 0.664. The van der Waals surface area contributed by atoms with Gasteiger partial charge in [0, 0.05) is 26.1 Å². The highest BCUT2D eigenvalue weighted by Gasteiger charge is 2.28. The molecule has 6 heteroatoms. The first kappa shape index (κ1) is 20.5. The Hall–Kier alpha value is -2.73. The summed E-state index contributed by atoms with van der Waals surface area (Å²) in [6, 6.07) is 17.5. The van der Waals surface area contributed by atoms with Crippen LogP contribution in [-0.2, 0) is 17.9 Å². The van der Waals surface area contributed by atoms with Crippen LogP contribution in [0.1, 0.15) is 31.2 Å². The number of nitrogens with one attached hydrogen (secondary N) is 1. The normalized spacial score (nSPS) is 19.0. The van der Waals surface area contributed by atoms with Crippen LogP contribution in [-0.4, -0.2) is 27.4 Å². The summed E-state index contributed by atoms with van der Waals surface area (Å²) < 4.78 is 2.16. The van der Waals surface area contributed by atoms with Gasteiger partial charge in [0.25, 0.3) is 5.56 Å². The summed E-state index contributed by atoms with van der Waals surface area (Å²) in [6.07, 6.45) is 3.59. The number of carbonyl (C=O) groups is 1. The number of aromatic amines is 1. The zero-order valence-electron chi connectivity index (χ0n) is 17.2. The predicted molar refractivity (Wildman–Crippen MR) is 122 cm³/mol. The van der Waals surface area contributed by atoms with E-state index in [0.717, 1.165) is 36.8 Å². The lowest BCUT2D eigenvalue weighted by molar-refractivity contribution is -0.136. The molecule has 30 heavy (non-hydrogen) atoms. The van der Waals surface area contributed by atoms with Crippen LogP contribution in [0.3, 0.4) is 0 Å². The number of rotatable bonds is 5. The van der Waals surface area contributed by atoms with Crippen LogP contribution in [0.5, 0.6) is 0 Å². The number of para-hydroxylation sites is 1. The van der Waals surface area contributed by atoms with Crippen LogP contribution in [0.25, 0.3) is 10.9 Å². The average molecular weight is 422 g/mol. The van der Waals surface area contributed by atoms with Gasteiger partial charge in [-0.2, -0.15) is 0 Å². The molecule has 0 unspecified atom stereocenters. The molecule has 0 atom stereocenters. The van der Waals surface area contributed by atoms with Gasteiger partial charge in [-0.05, 0) is 61.5 Å². The highest BCUT2D eigenvalue weighted by atomic mass is 32.1. The van der Waals surface area contributed by atoms with E-state index in [1.807, 2.05) is 66.5 Å². The fourth-order valence-electron chi connectivity index (χ4n) is 4.46. The Balaban J connectivity index is 1.38. The van der Waals surface area contributed by atoms with E-state index in [9.17, 15) is 9.59 Å². The van der Waals surface area contributed by atoms with E-state index < -0.39 is 0 Å². The summed E-state index contributed by atoms with van der Waals surface area (Å²) in [4.78, 5) is 30.8. The molecule has 0 saturated heterocycles. The van der Waals surface area contributed by atoms with Crippen LogP contribution in [0.4, 0.5) is 0 Å². The second-order valence-electron chi connectivity index (χ2n) is 8.29. The molecule has 1 heterocycles. The van der Waals surface area contributed by atoms with E-state index in [-0.39, 0.29) is 17.4 Å². The highest BCUT2D eigenvalue weighted by molar-refractivity contribution is 7.71. The fourth-order valence-corrected chi connectivity index (χ4v) is 4.73. The van der Waals surface area contributed by atoms with Gasteiger partial charge in [0.15, 0.2) is 4.77 Å². The maximum atomic E-state index is 12.9. The minimum absolute atomic E-state index is 0.0323. The maximum absolute atomic E-state index is 12.9. The van der Waals surface area contributed by atoms with Gasteiger partial charge in [0.2, 0.25) is 5.91 Å². The molecule has 0 radical (unpaired) electrons. The van der Waals surface area contributed by atoms with Gasteiger partial charge in [-0.1, -0.05) is 42.5 Å². The van der Waals surface area contributed by atoms with Gasteiger partial charge in [0.1, 0.15) is 0 Å². The lowest BCUT2D eigenvalue weighted by atomic mass is 9.81. The second kappa shape index (κ2) is 8.96. The maximum Gasteiger partial charge on any atom is 0.262 e. The van der Waals surface area contributed by atoms with Crippen molar-refractivity contribution in [2.75, 3.05) is 7.05 Å². The molecule has 1 fully saturated rings. The van der Waals surface area contributed by atoms with Crippen molar-refractivity contribution in [1.82, 2.24) is 14.5 Å². The van der Waals surface area contributed by atoms with E-state index in [0.29, 0.717) is 29.2 Å². The minimum atomic E-state index is -0.0323. The third-order valence-corrected chi connectivity index (χ3v) is 6.49. The SMILES string of the molecule is CN(Cc1ccccc1)C(=O)C1CCC(Cn2c(=S)[nH]c3ccccc3c2=O)CC1. The van der Waals surface area contributed by atoms with E-state index in [1.165, 1.54) is 0 Å². The van der Waals surface area contributed by atoms with Crippen molar-refractivity contribution < 1.29 is 4.79 Å². The Morgan fingerprint density at radius 2 is 1.73 bits per heavy atom. The molecule has 1 aliphatic rings.